The summed E-state index contributed by atoms with van der Waals surface area (Å²) in [5, 5.41) is 32.4. The van der Waals surface area contributed by atoms with E-state index in [2.05, 4.69) is 51.1 Å². The smallest absolute Gasteiger partial charge is 0.499 e. The van der Waals surface area contributed by atoms with Gasteiger partial charge in [-0.05, 0) is 67.1 Å². The summed E-state index contributed by atoms with van der Waals surface area (Å²) in [6.45, 7) is 20.2. The van der Waals surface area contributed by atoms with Gasteiger partial charge >= 0.3 is 13.2 Å². The number of fused-ring (bicyclic) bond motifs is 1. The summed E-state index contributed by atoms with van der Waals surface area (Å²) < 4.78 is 6.27. The van der Waals surface area contributed by atoms with E-state index in [1.165, 1.54) is 12.1 Å². The number of benzene rings is 2. The highest BCUT2D eigenvalue weighted by molar-refractivity contribution is 7.23. The van der Waals surface area contributed by atoms with Gasteiger partial charge in [0.2, 0.25) is 5.56 Å². The fraction of sp³-hybridized carbons (Fsp3) is 0.432. The molecule has 0 bridgehead atoms. The summed E-state index contributed by atoms with van der Waals surface area (Å²) in [4.78, 5) is 43.8. The zero-order chi connectivity index (χ0) is 37.2. The molecule has 4 rings (SSSR count). The molecule has 2 aromatic heterocycles. The van der Waals surface area contributed by atoms with E-state index in [0.29, 0.717) is 41.2 Å². The number of nitrogens with one attached hydrogen (secondary N) is 2. The third kappa shape index (κ3) is 8.69. The monoisotopic (exact) mass is 719 g/mol. The lowest BCUT2D eigenvalue weighted by Crippen LogP contribution is -2.61. The Morgan fingerprint density at radius 2 is 1.56 bits per heavy atom. The number of carbonyl (C=O) groups is 2. The highest BCUT2D eigenvalue weighted by Gasteiger charge is 2.53. The van der Waals surface area contributed by atoms with Gasteiger partial charge in [-0.25, -0.2) is 4.79 Å². The zero-order valence-electron chi connectivity index (χ0n) is 30.5. The minimum absolute atomic E-state index is 0.00626. The molecule has 0 fully saturated rings. The van der Waals surface area contributed by atoms with Gasteiger partial charge < -0.3 is 35.1 Å². The Balaban J connectivity index is 1.62. The Morgan fingerprint density at radius 3 is 2.14 bits per heavy atom. The van der Waals surface area contributed by atoms with Crippen LogP contribution in [0.2, 0.25) is 18.1 Å². The molecule has 0 aliphatic carbocycles. The number of carbonyl (C=O) groups excluding carboxylic acids is 2. The molecule has 1 atom stereocenters. The van der Waals surface area contributed by atoms with Crippen LogP contribution in [0.1, 0.15) is 74.8 Å². The molecule has 1 unspecified atom stereocenters. The molecule has 268 valence electrons. The number of hydrogen-bond acceptors (Lipinski definition) is 8. The van der Waals surface area contributed by atoms with Crippen molar-refractivity contribution in [1.29, 1.82) is 0 Å². The number of ether oxygens (including phenoxy) is 1. The maximum absolute atomic E-state index is 14.0. The molecule has 5 N–H and O–H groups in total. The molecule has 0 aliphatic rings. The summed E-state index contributed by atoms with van der Waals surface area (Å²) in [7, 11) is -3.97. The third-order valence-corrected chi connectivity index (χ3v) is 18.2. The van der Waals surface area contributed by atoms with E-state index in [9.17, 15) is 29.5 Å². The van der Waals surface area contributed by atoms with Crippen molar-refractivity contribution in [2.24, 2.45) is 0 Å². The Labute approximate surface area is 299 Å². The number of aromatic amines is 1. The lowest BCUT2D eigenvalue weighted by molar-refractivity contribution is 0.0230. The van der Waals surface area contributed by atoms with Gasteiger partial charge in [0.15, 0.2) is 0 Å². The van der Waals surface area contributed by atoms with Crippen LogP contribution >= 0.6 is 11.3 Å². The van der Waals surface area contributed by atoms with E-state index >= 15 is 0 Å². The molecule has 0 spiro atoms. The number of aromatic nitrogens is 1. The van der Waals surface area contributed by atoms with Crippen molar-refractivity contribution in [2.45, 2.75) is 90.2 Å². The highest BCUT2D eigenvalue weighted by Crippen LogP contribution is 2.50. The quantitative estimate of drug-likeness (QED) is 0.125. The molecule has 0 radical (unpaired) electrons. The van der Waals surface area contributed by atoms with Crippen LogP contribution in [-0.2, 0) is 22.7 Å². The minimum atomic E-state index is -2.36. The Kier molecular flexibility index (Phi) is 11.5. The van der Waals surface area contributed by atoms with Gasteiger partial charge in [0.1, 0.15) is 11.4 Å². The first-order chi connectivity index (χ1) is 23.1. The highest BCUT2D eigenvalue weighted by atomic mass is 32.1. The SMILES string of the molecule is CC(C)(C)OC(=O)N(CCc1ccc(CNC(=O)c2ccc(B(O)O)s2)cc1)CC(C)(c1ccc(O)c2[nH]c(=O)ccc12)[Si](C)(C)C(C)(C)C. The number of phenolic OH excluding ortho intramolecular Hbond substituents is 1. The van der Waals surface area contributed by atoms with E-state index in [4.69, 9.17) is 4.74 Å². The first kappa shape index (κ1) is 38.9. The summed E-state index contributed by atoms with van der Waals surface area (Å²) in [5.74, 6) is -0.301. The molecule has 2 aromatic carbocycles. The van der Waals surface area contributed by atoms with E-state index in [0.717, 1.165) is 33.4 Å². The third-order valence-electron chi connectivity index (χ3n) is 10.1. The van der Waals surface area contributed by atoms with Gasteiger partial charge in [0, 0.05) is 40.9 Å². The molecular formula is C37H50BN3O7SSi. The summed E-state index contributed by atoms with van der Waals surface area (Å²) in [6, 6.07) is 17.7. The fourth-order valence-electron chi connectivity index (χ4n) is 6.08. The van der Waals surface area contributed by atoms with Crippen LogP contribution in [0.25, 0.3) is 10.9 Å². The van der Waals surface area contributed by atoms with Crippen molar-refractivity contribution >= 4 is 54.2 Å². The lowest BCUT2D eigenvalue weighted by atomic mass is 9.90. The maximum atomic E-state index is 14.0. The van der Waals surface area contributed by atoms with Crippen molar-refractivity contribution in [3.63, 3.8) is 0 Å². The topological polar surface area (TPSA) is 152 Å². The van der Waals surface area contributed by atoms with E-state index in [-0.39, 0.29) is 22.3 Å². The number of phenols is 1. The first-order valence-corrected chi connectivity index (χ1v) is 20.6. The number of aromatic hydroxyl groups is 1. The summed E-state index contributed by atoms with van der Waals surface area (Å²) >= 11 is 1.03. The predicted octanol–water partition coefficient (Wildman–Crippen LogP) is 5.69. The maximum Gasteiger partial charge on any atom is 0.499 e. The van der Waals surface area contributed by atoms with Gasteiger partial charge in [-0.2, -0.15) is 0 Å². The first-order valence-electron chi connectivity index (χ1n) is 16.8. The van der Waals surface area contributed by atoms with Crippen LogP contribution in [0.4, 0.5) is 4.79 Å². The number of amides is 2. The number of H-pyrrole nitrogens is 1. The number of pyridine rings is 1. The molecule has 50 heavy (non-hydrogen) atoms. The van der Waals surface area contributed by atoms with Gasteiger partial charge in [0.25, 0.3) is 5.91 Å². The molecule has 0 aliphatic heterocycles. The molecule has 10 nitrogen and oxygen atoms in total. The second-order valence-corrected chi connectivity index (χ2v) is 22.6. The van der Waals surface area contributed by atoms with Crippen LogP contribution in [0, 0.1) is 0 Å². The summed E-state index contributed by atoms with van der Waals surface area (Å²) in [5.41, 5.74) is 2.23. The molecule has 0 saturated heterocycles. The van der Waals surface area contributed by atoms with Crippen LogP contribution in [-0.4, -0.2) is 70.9 Å². The number of rotatable bonds is 11. The largest absolute Gasteiger partial charge is 0.506 e. The predicted molar refractivity (Wildman–Crippen MR) is 204 cm³/mol. The van der Waals surface area contributed by atoms with Gasteiger partial charge in [-0.3, -0.25) is 9.59 Å². The van der Waals surface area contributed by atoms with Crippen molar-refractivity contribution in [3.8, 4) is 5.75 Å². The fourth-order valence-corrected chi connectivity index (χ4v) is 10.0. The van der Waals surface area contributed by atoms with Crippen molar-refractivity contribution in [3.05, 3.63) is 92.6 Å². The van der Waals surface area contributed by atoms with Crippen molar-refractivity contribution in [2.75, 3.05) is 13.1 Å². The van der Waals surface area contributed by atoms with E-state index < -0.39 is 31.9 Å². The molecule has 2 heterocycles. The van der Waals surface area contributed by atoms with Crippen LogP contribution in [0.3, 0.4) is 0 Å². The number of thiophene rings is 1. The molecule has 2 amide bonds. The van der Waals surface area contributed by atoms with E-state index in [1.807, 2.05) is 51.1 Å². The van der Waals surface area contributed by atoms with Gasteiger partial charge in [-0.15, -0.1) is 11.3 Å². The molecule has 13 heteroatoms. The zero-order valence-corrected chi connectivity index (χ0v) is 32.3. The van der Waals surface area contributed by atoms with E-state index in [1.54, 1.807) is 23.1 Å². The minimum Gasteiger partial charge on any atom is -0.506 e. The molecule has 4 aromatic rings. The molecular weight excluding hydrogens is 669 g/mol. The Morgan fingerprint density at radius 1 is 0.920 bits per heavy atom. The normalized spacial score (nSPS) is 13.5. The van der Waals surface area contributed by atoms with Crippen molar-refractivity contribution < 1.29 is 29.5 Å². The van der Waals surface area contributed by atoms with Crippen LogP contribution in [0.15, 0.2) is 65.5 Å². The standard InChI is InChI=1S/C37H50BN3O7SSi/c1-35(2,3)48-34(45)41(21-20-24-10-12-25(13-11-24)22-39-33(44)29-17-18-30(49-29)38(46)47)23-37(7,50(8,9)36(4,5)6)27-15-16-28(42)32-26(27)14-19-31(43)40-32/h10-19,42,46-47H,20-23H2,1-9H3,(H,39,44)(H,40,43). The van der Waals surface area contributed by atoms with Crippen LogP contribution in [0.5, 0.6) is 5.75 Å². The second-order valence-electron chi connectivity index (χ2n) is 15.7. The lowest BCUT2D eigenvalue weighted by Gasteiger charge is -2.53. The summed E-state index contributed by atoms with van der Waals surface area (Å²) in [6.07, 6.45) is 0.147. The Bertz CT molecular complexity index is 1890. The van der Waals surface area contributed by atoms with Crippen LogP contribution < -0.4 is 15.7 Å². The number of nitrogens with zero attached hydrogens (tertiary/aromatic N) is 1. The second kappa shape index (κ2) is 14.8. The number of hydrogen-bond donors (Lipinski definition) is 5. The average Bonchev–Trinajstić information content (AvgIpc) is 3.52. The van der Waals surface area contributed by atoms with Gasteiger partial charge in [-0.1, -0.05) is 77.2 Å². The molecule has 0 saturated carbocycles. The Hall–Kier alpha value is -3.91. The average molecular weight is 720 g/mol. The van der Waals surface area contributed by atoms with Gasteiger partial charge in [0.05, 0.1) is 18.5 Å². The van der Waals surface area contributed by atoms with Crippen molar-refractivity contribution in [1.82, 2.24) is 15.2 Å².